The fourth-order valence-corrected chi connectivity index (χ4v) is 4.41. The van der Waals surface area contributed by atoms with Crippen LogP contribution in [0.4, 0.5) is 0 Å². The van der Waals surface area contributed by atoms with Gasteiger partial charge in [0.25, 0.3) is 0 Å². The predicted molar refractivity (Wildman–Crippen MR) is 98.6 cm³/mol. The Kier molecular flexibility index (Phi) is 4.13. The molecule has 3 aromatic rings. The number of hydrogen-bond donors (Lipinski definition) is 1. The second-order valence-electron chi connectivity index (χ2n) is 5.81. The molecule has 0 radical (unpaired) electrons. The maximum absolute atomic E-state index is 12.9. The molecule has 0 bridgehead atoms. The van der Waals surface area contributed by atoms with Gasteiger partial charge in [-0.1, -0.05) is 26.0 Å². The van der Waals surface area contributed by atoms with E-state index in [-0.39, 0.29) is 5.43 Å². The van der Waals surface area contributed by atoms with E-state index < -0.39 is 5.54 Å². The van der Waals surface area contributed by atoms with Crippen LogP contribution in [0.1, 0.15) is 32.3 Å². The lowest BCUT2D eigenvalue weighted by Gasteiger charge is -2.30. The molecule has 0 saturated carbocycles. The second kappa shape index (κ2) is 5.95. The van der Waals surface area contributed by atoms with Crippen LogP contribution in [0.5, 0.6) is 5.75 Å². The van der Waals surface area contributed by atoms with Gasteiger partial charge in [-0.3, -0.25) is 4.79 Å². The molecule has 0 unspecified atom stereocenters. The fraction of sp³-hybridized carbons (Fsp3) is 0.316. The summed E-state index contributed by atoms with van der Waals surface area (Å²) < 4.78 is 7.50. The van der Waals surface area contributed by atoms with E-state index in [2.05, 4.69) is 13.8 Å². The van der Waals surface area contributed by atoms with Crippen molar-refractivity contribution < 1.29 is 4.74 Å². The topological polar surface area (TPSA) is 52.3 Å². The molecule has 0 saturated heterocycles. The van der Waals surface area contributed by atoms with Crippen LogP contribution in [0.15, 0.2) is 41.2 Å². The molecule has 0 aliphatic carbocycles. The Morgan fingerprint density at radius 3 is 2.43 bits per heavy atom. The van der Waals surface area contributed by atoms with Gasteiger partial charge in [0.2, 0.25) is 0 Å². The van der Waals surface area contributed by atoms with Crippen molar-refractivity contribution in [3.63, 3.8) is 0 Å². The molecule has 0 aliphatic heterocycles. The van der Waals surface area contributed by atoms with E-state index >= 15 is 0 Å². The molecule has 1 aromatic heterocycles. The van der Waals surface area contributed by atoms with E-state index in [1.54, 1.807) is 18.4 Å². The van der Waals surface area contributed by atoms with Gasteiger partial charge in [-0.05, 0) is 37.1 Å². The Morgan fingerprint density at radius 1 is 1.09 bits per heavy atom. The average Bonchev–Trinajstić information content (AvgIpc) is 2.60. The number of nitrogens with two attached hydrogens (primary N) is 1. The standard InChI is InChI=1S/C19H21NO2S/c1-4-19(20,5-2)16-14(22-3)11-10-13-17(21)12-8-6-7-9-15(12)23-18(13)16/h6-11H,4-5,20H2,1-3H3. The highest BCUT2D eigenvalue weighted by molar-refractivity contribution is 7.24. The summed E-state index contributed by atoms with van der Waals surface area (Å²) in [7, 11) is 1.65. The van der Waals surface area contributed by atoms with E-state index in [9.17, 15) is 4.79 Å². The quantitative estimate of drug-likeness (QED) is 0.723. The van der Waals surface area contributed by atoms with Crippen LogP contribution in [0.25, 0.3) is 20.2 Å². The highest BCUT2D eigenvalue weighted by Gasteiger charge is 2.30. The van der Waals surface area contributed by atoms with Crippen LogP contribution in [0, 0.1) is 0 Å². The van der Waals surface area contributed by atoms with Gasteiger partial charge < -0.3 is 10.5 Å². The van der Waals surface area contributed by atoms with Crippen molar-refractivity contribution in [2.75, 3.05) is 7.11 Å². The number of methoxy groups -OCH3 is 1. The van der Waals surface area contributed by atoms with Crippen LogP contribution in [-0.2, 0) is 5.54 Å². The van der Waals surface area contributed by atoms with Gasteiger partial charge >= 0.3 is 0 Å². The number of rotatable bonds is 4. The summed E-state index contributed by atoms with van der Waals surface area (Å²) in [4.78, 5) is 12.9. The second-order valence-corrected chi connectivity index (χ2v) is 6.86. The molecule has 0 spiro atoms. The maximum atomic E-state index is 12.9. The molecule has 3 nitrogen and oxygen atoms in total. The molecule has 23 heavy (non-hydrogen) atoms. The summed E-state index contributed by atoms with van der Waals surface area (Å²) in [6, 6.07) is 11.5. The maximum Gasteiger partial charge on any atom is 0.195 e. The first-order valence-electron chi connectivity index (χ1n) is 7.87. The van der Waals surface area contributed by atoms with Gasteiger partial charge in [0.1, 0.15) is 5.75 Å². The summed E-state index contributed by atoms with van der Waals surface area (Å²) >= 11 is 1.62. The largest absolute Gasteiger partial charge is 0.496 e. The minimum absolute atomic E-state index is 0.0628. The van der Waals surface area contributed by atoms with Crippen LogP contribution in [0.3, 0.4) is 0 Å². The number of fused-ring (bicyclic) bond motifs is 2. The molecule has 2 aromatic carbocycles. The molecule has 2 N–H and O–H groups in total. The SMILES string of the molecule is CCC(N)(CC)c1c(OC)ccc2c(=O)c3ccccc3sc12. The van der Waals surface area contributed by atoms with E-state index in [1.807, 2.05) is 36.4 Å². The molecular weight excluding hydrogens is 306 g/mol. The lowest BCUT2D eigenvalue weighted by molar-refractivity contribution is 0.366. The first-order valence-corrected chi connectivity index (χ1v) is 8.69. The highest BCUT2D eigenvalue weighted by Crippen LogP contribution is 2.41. The average molecular weight is 327 g/mol. The third-order valence-electron chi connectivity index (χ3n) is 4.69. The highest BCUT2D eigenvalue weighted by atomic mass is 32.1. The van der Waals surface area contributed by atoms with E-state index in [0.29, 0.717) is 0 Å². The first kappa shape index (κ1) is 16.0. The molecule has 3 rings (SSSR count). The molecule has 1 heterocycles. The molecule has 120 valence electrons. The van der Waals surface area contributed by atoms with E-state index in [4.69, 9.17) is 10.5 Å². The monoisotopic (exact) mass is 327 g/mol. The Balaban J connectivity index is 2.52. The van der Waals surface area contributed by atoms with Crippen molar-refractivity contribution in [3.05, 3.63) is 52.2 Å². The van der Waals surface area contributed by atoms with Gasteiger partial charge in [0, 0.05) is 31.3 Å². The van der Waals surface area contributed by atoms with Crippen LogP contribution < -0.4 is 15.9 Å². The Morgan fingerprint density at radius 2 is 1.78 bits per heavy atom. The molecule has 4 heteroatoms. The van der Waals surface area contributed by atoms with Crippen molar-refractivity contribution >= 4 is 31.5 Å². The Hall–Kier alpha value is -1.91. The van der Waals surface area contributed by atoms with Gasteiger partial charge in [0.05, 0.1) is 7.11 Å². The predicted octanol–water partition coefficient (Wildman–Crippen LogP) is 4.40. The summed E-state index contributed by atoms with van der Waals surface area (Å²) in [5.41, 5.74) is 7.19. The molecular formula is C19H21NO2S. The van der Waals surface area contributed by atoms with Crippen LogP contribution in [-0.4, -0.2) is 7.11 Å². The number of hydrogen-bond acceptors (Lipinski definition) is 4. The number of ether oxygens (including phenoxy) is 1. The van der Waals surface area contributed by atoms with Gasteiger partial charge in [-0.25, -0.2) is 0 Å². The third-order valence-corrected chi connectivity index (χ3v) is 5.89. The van der Waals surface area contributed by atoms with E-state index in [1.165, 1.54) is 0 Å². The summed E-state index contributed by atoms with van der Waals surface area (Å²) in [5.74, 6) is 0.759. The molecule has 0 amide bonds. The third kappa shape index (κ3) is 2.42. The van der Waals surface area contributed by atoms with Gasteiger partial charge in [-0.2, -0.15) is 0 Å². The van der Waals surface area contributed by atoms with Crippen molar-refractivity contribution in [1.82, 2.24) is 0 Å². The smallest absolute Gasteiger partial charge is 0.195 e. The van der Waals surface area contributed by atoms with Crippen molar-refractivity contribution in [3.8, 4) is 5.75 Å². The zero-order valence-electron chi connectivity index (χ0n) is 13.7. The van der Waals surface area contributed by atoms with Crippen molar-refractivity contribution in [2.45, 2.75) is 32.2 Å². The summed E-state index contributed by atoms with van der Waals surface area (Å²) in [5, 5.41) is 1.48. The van der Waals surface area contributed by atoms with Crippen molar-refractivity contribution in [2.24, 2.45) is 5.73 Å². The Labute approximate surface area is 139 Å². The molecule has 0 fully saturated rings. The van der Waals surface area contributed by atoms with Gasteiger partial charge in [-0.15, -0.1) is 11.3 Å². The summed E-state index contributed by atoms with van der Waals surface area (Å²) in [6.07, 6.45) is 1.57. The molecule has 0 atom stereocenters. The zero-order valence-corrected chi connectivity index (χ0v) is 14.5. The van der Waals surface area contributed by atoms with E-state index in [0.717, 1.165) is 44.3 Å². The normalized spacial score (nSPS) is 12.0. The van der Waals surface area contributed by atoms with Gasteiger partial charge in [0.15, 0.2) is 5.43 Å². The van der Waals surface area contributed by atoms with Crippen molar-refractivity contribution in [1.29, 1.82) is 0 Å². The van der Waals surface area contributed by atoms with Crippen LogP contribution in [0.2, 0.25) is 0 Å². The lowest BCUT2D eigenvalue weighted by atomic mass is 9.84. The fourth-order valence-electron chi connectivity index (χ4n) is 3.09. The Bertz CT molecular complexity index is 926. The molecule has 0 aliphatic rings. The number of benzene rings is 2. The first-order chi connectivity index (χ1) is 11.1. The lowest BCUT2D eigenvalue weighted by Crippen LogP contribution is -2.35. The zero-order chi connectivity index (χ0) is 16.6. The minimum Gasteiger partial charge on any atom is -0.496 e. The summed E-state index contributed by atoms with van der Waals surface area (Å²) in [6.45, 7) is 4.15. The van der Waals surface area contributed by atoms with Crippen LogP contribution >= 0.6 is 11.3 Å². The minimum atomic E-state index is -0.504.